The summed E-state index contributed by atoms with van der Waals surface area (Å²) < 4.78 is 69.2. The molecule has 3 N–H and O–H groups in total. The lowest BCUT2D eigenvalue weighted by molar-refractivity contribution is -0.161. The van der Waals surface area contributed by atoms with E-state index in [0.29, 0.717) is 31.6 Å². The molecule has 0 radical (unpaired) electrons. The van der Waals surface area contributed by atoms with Gasteiger partial charge < -0.3 is 33.8 Å². The molecule has 684 valence electrons. The van der Waals surface area contributed by atoms with Crippen molar-refractivity contribution in [3.63, 3.8) is 0 Å². The number of hydrogen-bond donors (Lipinski definition) is 3. The number of phosphoric acid groups is 2. The first kappa shape index (κ1) is 113. The molecule has 17 nitrogen and oxygen atoms in total. The van der Waals surface area contributed by atoms with Crippen molar-refractivity contribution in [3.05, 3.63) is 0 Å². The van der Waals surface area contributed by atoms with Crippen LogP contribution in [-0.4, -0.2) is 96.7 Å². The largest absolute Gasteiger partial charge is 0.472 e. The Morgan fingerprint density at radius 1 is 0.243 bits per heavy atom. The molecule has 0 aromatic heterocycles. The van der Waals surface area contributed by atoms with Gasteiger partial charge in [0.05, 0.1) is 26.4 Å². The van der Waals surface area contributed by atoms with Crippen LogP contribution in [0, 0.1) is 23.7 Å². The quantitative estimate of drug-likeness (QED) is 0.0222. The highest BCUT2D eigenvalue weighted by atomic mass is 31.2. The molecule has 0 bridgehead atoms. The number of esters is 4. The van der Waals surface area contributed by atoms with Crippen molar-refractivity contribution in [1.82, 2.24) is 0 Å². The topological polar surface area (TPSA) is 237 Å². The molecule has 0 saturated carbocycles. The van der Waals surface area contributed by atoms with Crippen LogP contribution in [0.5, 0.6) is 0 Å². The number of ether oxygens (including phenoxy) is 4. The molecular weight excluding hydrogens is 1490 g/mol. The fourth-order valence-electron chi connectivity index (χ4n) is 15.0. The zero-order valence-electron chi connectivity index (χ0n) is 76.4. The SMILES string of the molecule is CCC(C)CCCCCCCCCCCCCCCCCCCCC(=O)OC[C@H](COP(=O)(O)OCC(O)COP(=O)(O)OC[C@@H](COC(=O)CCCCCCCCCC(C)C)OC(=O)CCCCCCCCCCCCCCCCCCCCC(C)C)OC(=O)CCCCCCCCCCCCCCCCCCCCC(C)CC. The average molecular weight is 1680 g/mol. The van der Waals surface area contributed by atoms with Gasteiger partial charge in [-0.25, -0.2) is 9.13 Å². The maximum absolute atomic E-state index is 13.2. The second-order valence-corrected chi connectivity index (χ2v) is 38.8. The highest BCUT2D eigenvalue weighted by Crippen LogP contribution is 2.45. The Morgan fingerprint density at radius 2 is 0.417 bits per heavy atom. The summed E-state index contributed by atoms with van der Waals surface area (Å²) in [5, 5.41) is 10.7. The molecule has 7 atom stereocenters. The van der Waals surface area contributed by atoms with Gasteiger partial charge in [-0.05, 0) is 49.4 Å². The van der Waals surface area contributed by atoms with Crippen LogP contribution in [-0.2, 0) is 65.4 Å². The van der Waals surface area contributed by atoms with Gasteiger partial charge in [-0.2, -0.15) is 0 Å². The Bertz CT molecular complexity index is 2220. The second-order valence-electron chi connectivity index (χ2n) is 35.9. The van der Waals surface area contributed by atoms with E-state index in [1.165, 1.54) is 308 Å². The van der Waals surface area contributed by atoms with Gasteiger partial charge in [-0.15, -0.1) is 0 Å². The number of aliphatic hydroxyl groups is 1. The van der Waals surface area contributed by atoms with Crippen LogP contribution in [0.15, 0.2) is 0 Å². The van der Waals surface area contributed by atoms with Crippen LogP contribution < -0.4 is 0 Å². The van der Waals surface area contributed by atoms with E-state index in [0.717, 1.165) is 114 Å². The third-order valence-corrected chi connectivity index (χ3v) is 25.2. The first-order chi connectivity index (χ1) is 55.7. The minimum absolute atomic E-state index is 0.108. The van der Waals surface area contributed by atoms with Crippen molar-refractivity contribution < 1.29 is 80.2 Å². The van der Waals surface area contributed by atoms with E-state index in [-0.39, 0.29) is 25.7 Å². The number of aliphatic hydroxyl groups excluding tert-OH is 1. The van der Waals surface area contributed by atoms with E-state index in [2.05, 4.69) is 55.4 Å². The maximum Gasteiger partial charge on any atom is 0.472 e. The Labute approximate surface area is 708 Å². The maximum atomic E-state index is 13.2. The van der Waals surface area contributed by atoms with E-state index < -0.39 is 97.5 Å². The van der Waals surface area contributed by atoms with Crippen LogP contribution in [0.4, 0.5) is 0 Å². The standard InChI is InChI=1S/C96H188O17P2/c1-9-88(7)74-66-58-50-42-36-30-24-18-12-15-20-26-32-38-44-52-60-68-76-93(98)106-82-91(112-95(100)78-70-62-54-46-40-34-28-22-16-13-19-25-31-37-43-51-59-67-75-89(8)10-2)84-110-114(102,103)108-80-90(97)81-109-115(104,105)111-85-92(83-107-94(99)77-69-61-55-47-49-57-65-73-87(5)6)113-96(101)79-71-63-53-45-39-33-27-21-14-11-17-23-29-35-41-48-56-64-72-86(3)4/h86-92,97H,9-85H2,1-8H3,(H,102,103)(H,104,105)/t88?,89?,90?,91-,92-/m1/s1. The molecule has 115 heavy (non-hydrogen) atoms. The molecule has 0 rings (SSSR count). The zero-order valence-corrected chi connectivity index (χ0v) is 78.2. The van der Waals surface area contributed by atoms with Crippen LogP contribution >= 0.6 is 15.6 Å². The third kappa shape index (κ3) is 86.8. The van der Waals surface area contributed by atoms with Crippen molar-refractivity contribution in [2.75, 3.05) is 39.6 Å². The smallest absolute Gasteiger partial charge is 0.462 e. The van der Waals surface area contributed by atoms with Crippen molar-refractivity contribution in [2.45, 2.75) is 530 Å². The summed E-state index contributed by atoms with van der Waals surface area (Å²) in [6.45, 7) is 14.5. The fraction of sp³-hybridized carbons (Fsp3) is 0.958. The van der Waals surface area contributed by atoms with Gasteiger partial charge in [0.15, 0.2) is 12.2 Å². The highest BCUT2D eigenvalue weighted by molar-refractivity contribution is 7.47. The summed E-state index contributed by atoms with van der Waals surface area (Å²) in [7, 11) is -9.94. The van der Waals surface area contributed by atoms with Gasteiger partial charge in [-0.3, -0.25) is 37.3 Å². The first-order valence-electron chi connectivity index (χ1n) is 49.3. The number of carbonyl (C=O) groups is 4. The van der Waals surface area contributed by atoms with Gasteiger partial charge in [0.25, 0.3) is 0 Å². The minimum atomic E-state index is -4.97. The molecule has 5 unspecified atom stereocenters. The molecule has 0 aromatic rings. The lowest BCUT2D eigenvalue weighted by atomic mass is 9.99. The van der Waals surface area contributed by atoms with Gasteiger partial charge in [0, 0.05) is 25.7 Å². The number of rotatable bonds is 93. The third-order valence-electron chi connectivity index (χ3n) is 23.3. The van der Waals surface area contributed by atoms with Crippen molar-refractivity contribution >= 4 is 39.5 Å². The normalized spacial score (nSPS) is 14.2. The summed E-state index contributed by atoms with van der Waals surface area (Å²) in [4.78, 5) is 73.5. The van der Waals surface area contributed by atoms with E-state index in [1.54, 1.807) is 0 Å². The van der Waals surface area contributed by atoms with Crippen LogP contribution in [0.25, 0.3) is 0 Å². The van der Waals surface area contributed by atoms with Crippen LogP contribution in [0.1, 0.15) is 511 Å². The fourth-order valence-corrected chi connectivity index (χ4v) is 16.6. The molecule has 0 aromatic carbocycles. The molecule has 0 aliphatic carbocycles. The first-order valence-corrected chi connectivity index (χ1v) is 52.3. The molecule has 0 amide bonds. The van der Waals surface area contributed by atoms with E-state index in [1.807, 2.05) is 0 Å². The van der Waals surface area contributed by atoms with Gasteiger partial charge >= 0.3 is 39.5 Å². The monoisotopic (exact) mass is 1680 g/mol. The van der Waals surface area contributed by atoms with Crippen molar-refractivity contribution in [2.24, 2.45) is 23.7 Å². The molecule has 0 saturated heterocycles. The summed E-state index contributed by atoms with van der Waals surface area (Å²) in [5.41, 5.74) is 0. The predicted molar refractivity (Wildman–Crippen MR) is 478 cm³/mol. The lowest BCUT2D eigenvalue weighted by Crippen LogP contribution is -2.30. The molecule has 0 fully saturated rings. The molecule has 0 aliphatic rings. The molecule has 0 heterocycles. The van der Waals surface area contributed by atoms with Crippen molar-refractivity contribution in [3.8, 4) is 0 Å². The zero-order chi connectivity index (χ0) is 84.5. The number of phosphoric ester groups is 2. The van der Waals surface area contributed by atoms with Crippen LogP contribution in [0.3, 0.4) is 0 Å². The Kier molecular flexibility index (Phi) is 82.9. The Morgan fingerprint density at radius 3 is 0.617 bits per heavy atom. The number of carbonyl (C=O) groups excluding carboxylic acids is 4. The molecule has 0 spiro atoms. The minimum Gasteiger partial charge on any atom is -0.462 e. The summed E-state index contributed by atoms with van der Waals surface area (Å²) in [6.07, 6.45) is 78.0. The van der Waals surface area contributed by atoms with Gasteiger partial charge in [0.2, 0.25) is 0 Å². The Balaban J connectivity index is 5.21. The predicted octanol–water partition coefficient (Wildman–Crippen LogP) is 29.8. The highest BCUT2D eigenvalue weighted by Gasteiger charge is 2.31. The van der Waals surface area contributed by atoms with Crippen molar-refractivity contribution in [1.29, 1.82) is 0 Å². The van der Waals surface area contributed by atoms with E-state index in [4.69, 9.17) is 37.0 Å². The lowest BCUT2D eigenvalue weighted by Gasteiger charge is -2.21. The van der Waals surface area contributed by atoms with Crippen LogP contribution in [0.2, 0.25) is 0 Å². The summed E-state index contributed by atoms with van der Waals surface area (Å²) in [5.74, 6) is 1.17. The van der Waals surface area contributed by atoms with Gasteiger partial charge in [-0.1, -0.05) is 460 Å². The second kappa shape index (κ2) is 84.3. The van der Waals surface area contributed by atoms with Gasteiger partial charge in [0.1, 0.15) is 19.3 Å². The van der Waals surface area contributed by atoms with E-state index in [9.17, 15) is 43.2 Å². The molecular formula is C96H188O17P2. The number of unbranched alkanes of at least 4 members (excludes halogenated alkanes) is 57. The van der Waals surface area contributed by atoms with E-state index >= 15 is 0 Å². The number of hydrogen-bond acceptors (Lipinski definition) is 15. The molecule has 0 aliphatic heterocycles. The average Bonchev–Trinajstić information content (AvgIpc) is 0.898. The molecule has 19 heteroatoms. The summed E-state index contributed by atoms with van der Waals surface area (Å²) in [6, 6.07) is 0. The summed E-state index contributed by atoms with van der Waals surface area (Å²) >= 11 is 0. The Hall–Kier alpha value is -1.94.